The van der Waals surface area contributed by atoms with Crippen LogP contribution in [0.2, 0.25) is 10.0 Å². The summed E-state index contributed by atoms with van der Waals surface area (Å²) >= 11 is 12.1. The molecule has 0 unspecified atom stereocenters. The minimum atomic E-state index is 0.345. The fraction of sp³-hybridized carbons (Fsp3) is 0.0909. The van der Waals surface area contributed by atoms with Gasteiger partial charge in [0.2, 0.25) is 0 Å². The maximum atomic E-state index is 6.07. The second-order valence-corrected chi connectivity index (χ2v) is 6.69. The smallest absolute Gasteiger partial charge is 0.142 e. The molecule has 0 spiro atoms. The van der Waals surface area contributed by atoms with Crippen molar-refractivity contribution in [1.82, 2.24) is 0 Å². The standard InChI is InChI=1S/C22H18Cl2N2O2/c23-21-10-3-1-8-19(21)13-25-27-15-17-6-5-7-18(12-17)16-28-26-14-20-9-2-4-11-22(20)24/h1-14H,15-16H2/b25-13-,26-14-. The normalized spacial score (nSPS) is 11.2. The van der Waals surface area contributed by atoms with Crippen molar-refractivity contribution < 1.29 is 9.68 Å². The number of hydrogen-bond donors (Lipinski definition) is 0. The van der Waals surface area contributed by atoms with Crippen LogP contribution < -0.4 is 0 Å². The van der Waals surface area contributed by atoms with E-state index in [1.54, 1.807) is 24.6 Å². The first-order chi connectivity index (χ1) is 13.7. The number of nitrogens with zero attached hydrogens (tertiary/aromatic N) is 2. The Balaban J connectivity index is 1.48. The molecule has 0 bridgehead atoms. The first kappa shape index (κ1) is 19.9. The maximum Gasteiger partial charge on any atom is 0.142 e. The fourth-order valence-corrected chi connectivity index (χ4v) is 2.75. The molecule has 0 amide bonds. The van der Waals surface area contributed by atoms with Gasteiger partial charge < -0.3 is 9.68 Å². The molecule has 3 rings (SSSR count). The summed E-state index contributed by atoms with van der Waals surface area (Å²) in [4.78, 5) is 10.7. The molecule has 142 valence electrons. The predicted molar refractivity (Wildman–Crippen MR) is 114 cm³/mol. The minimum absolute atomic E-state index is 0.345. The SMILES string of the molecule is Clc1ccccc1/C=N\OCc1cccc(CO/N=C\c2ccccc2Cl)c1. The molecule has 6 heteroatoms. The van der Waals surface area contributed by atoms with Gasteiger partial charge in [0, 0.05) is 21.2 Å². The van der Waals surface area contributed by atoms with Gasteiger partial charge in [0.25, 0.3) is 0 Å². The van der Waals surface area contributed by atoms with E-state index in [0.29, 0.717) is 23.3 Å². The van der Waals surface area contributed by atoms with Gasteiger partial charge in [-0.25, -0.2) is 0 Å². The highest BCUT2D eigenvalue weighted by atomic mass is 35.5. The van der Waals surface area contributed by atoms with Crippen LogP contribution in [-0.4, -0.2) is 12.4 Å². The van der Waals surface area contributed by atoms with Crippen LogP contribution in [0.4, 0.5) is 0 Å². The summed E-state index contributed by atoms with van der Waals surface area (Å²) < 4.78 is 0. The molecule has 0 saturated heterocycles. The van der Waals surface area contributed by atoms with Gasteiger partial charge in [0.1, 0.15) is 13.2 Å². The number of rotatable bonds is 8. The van der Waals surface area contributed by atoms with Crippen LogP contribution in [0.3, 0.4) is 0 Å². The van der Waals surface area contributed by atoms with Crippen LogP contribution in [0.15, 0.2) is 83.1 Å². The second-order valence-electron chi connectivity index (χ2n) is 5.88. The highest BCUT2D eigenvalue weighted by molar-refractivity contribution is 6.33. The largest absolute Gasteiger partial charge is 0.391 e. The molecule has 28 heavy (non-hydrogen) atoms. The molecule has 0 aliphatic carbocycles. The lowest BCUT2D eigenvalue weighted by Gasteiger charge is -2.04. The molecule has 0 aliphatic rings. The van der Waals surface area contributed by atoms with Crippen LogP contribution in [0.1, 0.15) is 22.3 Å². The van der Waals surface area contributed by atoms with E-state index in [1.165, 1.54) is 0 Å². The molecular formula is C22H18Cl2N2O2. The van der Waals surface area contributed by atoms with Gasteiger partial charge >= 0.3 is 0 Å². The molecule has 3 aromatic carbocycles. The van der Waals surface area contributed by atoms with Crippen LogP contribution in [0, 0.1) is 0 Å². The molecule has 3 aromatic rings. The number of benzene rings is 3. The average Bonchev–Trinajstić information content (AvgIpc) is 2.71. The molecule has 0 saturated carbocycles. The zero-order valence-electron chi connectivity index (χ0n) is 15.0. The summed E-state index contributed by atoms with van der Waals surface area (Å²) in [5.41, 5.74) is 3.57. The van der Waals surface area contributed by atoms with Gasteiger partial charge in [-0.3, -0.25) is 0 Å². The van der Waals surface area contributed by atoms with E-state index in [-0.39, 0.29) is 0 Å². The molecule has 4 nitrogen and oxygen atoms in total. The van der Waals surface area contributed by atoms with Crippen molar-refractivity contribution in [1.29, 1.82) is 0 Å². The third-order valence-corrected chi connectivity index (χ3v) is 4.49. The third kappa shape index (κ3) is 6.12. The Kier molecular flexibility index (Phi) is 7.47. The topological polar surface area (TPSA) is 43.2 Å². The maximum absolute atomic E-state index is 6.07. The van der Waals surface area contributed by atoms with E-state index in [1.807, 2.05) is 60.7 Å². The van der Waals surface area contributed by atoms with Gasteiger partial charge in [-0.2, -0.15) is 0 Å². The van der Waals surface area contributed by atoms with Crippen LogP contribution in [0.5, 0.6) is 0 Å². The second kappa shape index (κ2) is 10.5. The van der Waals surface area contributed by atoms with Crippen molar-refractivity contribution in [2.45, 2.75) is 13.2 Å². The Morgan fingerprint density at radius 1 is 0.643 bits per heavy atom. The highest BCUT2D eigenvalue weighted by Gasteiger charge is 1.99. The molecule has 0 atom stereocenters. The van der Waals surface area contributed by atoms with Crippen molar-refractivity contribution in [2.24, 2.45) is 10.3 Å². The number of halogens is 2. The van der Waals surface area contributed by atoms with E-state index < -0.39 is 0 Å². The van der Waals surface area contributed by atoms with Crippen LogP contribution in [0.25, 0.3) is 0 Å². The number of hydrogen-bond acceptors (Lipinski definition) is 4. The lowest BCUT2D eigenvalue weighted by atomic mass is 10.1. The van der Waals surface area contributed by atoms with Crippen LogP contribution in [-0.2, 0) is 22.9 Å². The fourth-order valence-electron chi connectivity index (χ4n) is 2.38. The lowest BCUT2D eigenvalue weighted by molar-refractivity contribution is 0.128. The third-order valence-electron chi connectivity index (χ3n) is 3.80. The first-order valence-corrected chi connectivity index (χ1v) is 9.35. The van der Waals surface area contributed by atoms with E-state index in [0.717, 1.165) is 22.3 Å². The van der Waals surface area contributed by atoms with Crippen molar-refractivity contribution >= 4 is 35.6 Å². The summed E-state index contributed by atoms with van der Waals surface area (Å²) in [6.45, 7) is 0.690. The van der Waals surface area contributed by atoms with E-state index in [2.05, 4.69) is 10.3 Å². The first-order valence-electron chi connectivity index (χ1n) is 8.60. The van der Waals surface area contributed by atoms with E-state index in [9.17, 15) is 0 Å². The van der Waals surface area contributed by atoms with Crippen LogP contribution >= 0.6 is 23.2 Å². The Labute approximate surface area is 174 Å². The zero-order valence-corrected chi connectivity index (χ0v) is 16.5. The Bertz CT molecular complexity index is 899. The minimum Gasteiger partial charge on any atom is -0.391 e. The molecular weight excluding hydrogens is 395 g/mol. The molecule has 0 N–H and O–H groups in total. The van der Waals surface area contributed by atoms with Crippen molar-refractivity contribution in [2.75, 3.05) is 0 Å². The highest BCUT2D eigenvalue weighted by Crippen LogP contribution is 2.14. The molecule has 0 aromatic heterocycles. The Hall–Kier alpha value is -2.82. The molecule has 0 radical (unpaired) electrons. The summed E-state index contributed by atoms with van der Waals surface area (Å²) in [5.74, 6) is 0. The van der Waals surface area contributed by atoms with Crippen molar-refractivity contribution in [3.63, 3.8) is 0 Å². The van der Waals surface area contributed by atoms with E-state index >= 15 is 0 Å². The summed E-state index contributed by atoms with van der Waals surface area (Å²) in [7, 11) is 0. The van der Waals surface area contributed by atoms with Gasteiger partial charge in [-0.15, -0.1) is 0 Å². The van der Waals surface area contributed by atoms with E-state index in [4.69, 9.17) is 32.9 Å². The van der Waals surface area contributed by atoms with Gasteiger partial charge in [-0.05, 0) is 29.3 Å². The summed E-state index contributed by atoms with van der Waals surface area (Å²) in [6, 6.07) is 22.7. The average molecular weight is 413 g/mol. The summed E-state index contributed by atoms with van der Waals surface area (Å²) in [5, 5.41) is 9.20. The monoisotopic (exact) mass is 412 g/mol. The van der Waals surface area contributed by atoms with Crippen molar-refractivity contribution in [3.05, 3.63) is 105 Å². The molecule has 0 aliphatic heterocycles. The number of oxime groups is 2. The predicted octanol–water partition coefficient (Wildman–Crippen LogP) is 6.09. The summed E-state index contributed by atoms with van der Waals surface area (Å²) in [6.07, 6.45) is 3.19. The quantitative estimate of drug-likeness (QED) is 0.331. The van der Waals surface area contributed by atoms with Gasteiger partial charge in [0.05, 0.1) is 12.4 Å². The molecule has 0 heterocycles. The molecule has 0 fully saturated rings. The van der Waals surface area contributed by atoms with Crippen molar-refractivity contribution in [3.8, 4) is 0 Å². The lowest BCUT2D eigenvalue weighted by Crippen LogP contribution is -1.93. The Morgan fingerprint density at radius 2 is 1.11 bits per heavy atom. The zero-order chi connectivity index (χ0) is 19.6. The van der Waals surface area contributed by atoms with Gasteiger partial charge in [0.15, 0.2) is 0 Å². The Morgan fingerprint density at radius 3 is 1.57 bits per heavy atom. The van der Waals surface area contributed by atoms with Gasteiger partial charge in [-0.1, -0.05) is 88.1 Å².